The molecule has 2 aliphatic rings. The van der Waals surface area contributed by atoms with Crippen molar-refractivity contribution >= 4 is 17.2 Å². The highest BCUT2D eigenvalue weighted by Gasteiger charge is 2.20. The van der Waals surface area contributed by atoms with Crippen molar-refractivity contribution in [3.05, 3.63) is 71.3 Å². The third-order valence-corrected chi connectivity index (χ3v) is 5.63. The summed E-state index contributed by atoms with van der Waals surface area (Å²) in [4.78, 5) is 22.0. The van der Waals surface area contributed by atoms with Crippen LogP contribution in [0, 0.1) is 6.92 Å². The van der Waals surface area contributed by atoms with Crippen molar-refractivity contribution in [1.29, 1.82) is 0 Å². The minimum atomic E-state index is -0.194. The van der Waals surface area contributed by atoms with E-state index in [9.17, 15) is 4.79 Å². The van der Waals surface area contributed by atoms with Gasteiger partial charge in [0.15, 0.2) is 0 Å². The van der Waals surface area contributed by atoms with Crippen LogP contribution >= 0.6 is 0 Å². The maximum atomic E-state index is 12.9. The molecule has 1 saturated heterocycles. The standard InChI is InChI=1S/C26H32N4O3/c1-18(2)33-24-7-5-6-20(13-24)26(31)28-22-14-25(19(3)27-15-22)21-12-23(17-29(4)16-21)30-8-10-32-11-9-30/h5-7,12-16,18H,8-11,17H2,1-4H3,(H,28,31). The number of nitrogens with zero attached hydrogens (tertiary/aromatic N) is 3. The van der Waals surface area contributed by atoms with Crippen LogP contribution in [-0.2, 0) is 4.74 Å². The van der Waals surface area contributed by atoms with Crippen molar-refractivity contribution in [3.63, 3.8) is 0 Å². The molecule has 2 aliphatic heterocycles. The fourth-order valence-electron chi connectivity index (χ4n) is 4.07. The van der Waals surface area contributed by atoms with Gasteiger partial charge in [0.25, 0.3) is 5.91 Å². The number of likely N-dealkylation sites (N-methyl/N-ethyl adjacent to an activating group) is 1. The zero-order chi connectivity index (χ0) is 23.4. The highest BCUT2D eigenvalue weighted by atomic mass is 16.5. The summed E-state index contributed by atoms with van der Waals surface area (Å²) >= 11 is 0. The molecule has 0 saturated carbocycles. The topological polar surface area (TPSA) is 66.9 Å². The van der Waals surface area contributed by atoms with Crippen molar-refractivity contribution in [2.45, 2.75) is 26.9 Å². The summed E-state index contributed by atoms with van der Waals surface area (Å²) < 4.78 is 11.2. The molecule has 7 nitrogen and oxygen atoms in total. The number of rotatable bonds is 6. The molecule has 1 aromatic heterocycles. The minimum absolute atomic E-state index is 0.0458. The number of ether oxygens (including phenoxy) is 2. The van der Waals surface area contributed by atoms with Crippen molar-refractivity contribution in [1.82, 2.24) is 14.8 Å². The quantitative estimate of drug-likeness (QED) is 0.722. The van der Waals surface area contributed by atoms with Crippen LogP contribution in [0.3, 0.4) is 0 Å². The molecule has 7 heteroatoms. The van der Waals surface area contributed by atoms with Gasteiger partial charge in [-0.1, -0.05) is 6.07 Å². The van der Waals surface area contributed by atoms with Gasteiger partial charge in [0.2, 0.25) is 0 Å². The highest BCUT2D eigenvalue weighted by Crippen LogP contribution is 2.28. The average Bonchev–Trinajstić information content (AvgIpc) is 2.80. The number of hydrogen-bond acceptors (Lipinski definition) is 6. The first-order valence-electron chi connectivity index (χ1n) is 11.4. The summed E-state index contributed by atoms with van der Waals surface area (Å²) in [5, 5.41) is 2.99. The number of nitrogens with one attached hydrogen (secondary N) is 1. The number of benzene rings is 1. The molecule has 0 atom stereocenters. The first-order chi connectivity index (χ1) is 15.9. The largest absolute Gasteiger partial charge is 0.491 e. The van der Waals surface area contributed by atoms with Crippen LogP contribution in [0.4, 0.5) is 5.69 Å². The number of aryl methyl sites for hydroxylation is 1. The lowest BCUT2D eigenvalue weighted by molar-refractivity contribution is 0.0510. The number of carbonyl (C=O) groups excluding carboxylic acids is 1. The van der Waals surface area contributed by atoms with Crippen LogP contribution in [0.25, 0.3) is 5.57 Å². The van der Waals surface area contributed by atoms with Gasteiger partial charge in [-0.15, -0.1) is 0 Å². The van der Waals surface area contributed by atoms with Gasteiger partial charge in [0, 0.05) is 54.4 Å². The van der Waals surface area contributed by atoms with Gasteiger partial charge in [-0.05, 0) is 51.1 Å². The maximum absolute atomic E-state index is 12.9. The molecule has 2 aromatic rings. The molecule has 3 heterocycles. The Bertz CT molecular complexity index is 1070. The van der Waals surface area contributed by atoms with E-state index < -0.39 is 0 Å². The van der Waals surface area contributed by atoms with Gasteiger partial charge >= 0.3 is 0 Å². The third-order valence-electron chi connectivity index (χ3n) is 5.63. The molecule has 1 amide bonds. The molecule has 1 N–H and O–H groups in total. The zero-order valence-electron chi connectivity index (χ0n) is 19.8. The van der Waals surface area contributed by atoms with Crippen molar-refractivity contribution in [3.8, 4) is 5.75 Å². The monoisotopic (exact) mass is 448 g/mol. The van der Waals surface area contributed by atoms with Crippen molar-refractivity contribution in [2.24, 2.45) is 0 Å². The van der Waals surface area contributed by atoms with E-state index in [-0.39, 0.29) is 12.0 Å². The number of hydrogen-bond donors (Lipinski definition) is 1. The van der Waals surface area contributed by atoms with E-state index in [2.05, 4.69) is 39.4 Å². The molecule has 174 valence electrons. The predicted octanol–water partition coefficient (Wildman–Crippen LogP) is 3.93. The molecule has 33 heavy (non-hydrogen) atoms. The third kappa shape index (κ3) is 5.73. The van der Waals surface area contributed by atoms with Gasteiger partial charge < -0.3 is 24.6 Å². The second-order valence-electron chi connectivity index (χ2n) is 8.74. The summed E-state index contributed by atoms with van der Waals surface area (Å²) in [5.41, 5.74) is 5.47. The lowest BCUT2D eigenvalue weighted by Crippen LogP contribution is -2.39. The van der Waals surface area contributed by atoms with Gasteiger partial charge in [-0.2, -0.15) is 0 Å². The highest BCUT2D eigenvalue weighted by molar-refractivity contribution is 6.04. The lowest BCUT2D eigenvalue weighted by atomic mass is 10.0. The number of amides is 1. The Hall–Kier alpha value is -3.32. The van der Waals surface area contributed by atoms with Crippen LogP contribution in [0.1, 0.15) is 35.5 Å². The van der Waals surface area contributed by atoms with E-state index in [1.165, 1.54) is 5.70 Å². The Morgan fingerprint density at radius 3 is 2.76 bits per heavy atom. The fourth-order valence-corrected chi connectivity index (χ4v) is 4.07. The van der Waals surface area contributed by atoms with Gasteiger partial charge in [-0.3, -0.25) is 9.78 Å². The number of morpholine rings is 1. The van der Waals surface area contributed by atoms with E-state index in [1.807, 2.05) is 39.0 Å². The summed E-state index contributed by atoms with van der Waals surface area (Å²) in [6, 6.07) is 9.21. The van der Waals surface area contributed by atoms with Crippen LogP contribution in [0.15, 0.2) is 54.5 Å². The molecule has 0 spiro atoms. The Morgan fingerprint density at radius 1 is 1.21 bits per heavy atom. The van der Waals surface area contributed by atoms with Gasteiger partial charge in [0.05, 0.1) is 37.7 Å². The smallest absolute Gasteiger partial charge is 0.255 e. The number of pyridine rings is 1. The normalized spacial score (nSPS) is 16.4. The number of allylic oxidation sites excluding steroid dienone is 2. The van der Waals surface area contributed by atoms with E-state index in [0.717, 1.165) is 49.7 Å². The average molecular weight is 449 g/mol. The number of aromatic nitrogens is 1. The second kappa shape index (κ2) is 10.1. The van der Waals surface area contributed by atoms with Crippen LogP contribution in [0.5, 0.6) is 5.75 Å². The SMILES string of the molecule is Cc1ncc(NC(=O)c2cccc(OC(C)C)c2)cc1C1=CN(C)CC(N2CCOCC2)=C1. The van der Waals surface area contributed by atoms with Crippen LogP contribution in [-0.4, -0.2) is 66.7 Å². The Kier molecular flexibility index (Phi) is 6.99. The molecule has 0 unspecified atom stereocenters. The summed E-state index contributed by atoms with van der Waals surface area (Å²) in [7, 11) is 2.08. The summed E-state index contributed by atoms with van der Waals surface area (Å²) in [6.07, 6.45) is 6.11. The molecule has 0 radical (unpaired) electrons. The first kappa shape index (κ1) is 22.9. The van der Waals surface area contributed by atoms with E-state index >= 15 is 0 Å². The Morgan fingerprint density at radius 2 is 2.00 bits per heavy atom. The number of anilines is 1. The number of carbonyl (C=O) groups is 1. The summed E-state index contributed by atoms with van der Waals surface area (Å²) in [6.45, 7) is 10.1. The molecule has 1 fully saturated rings. The molecular formula is C26H32N4O3. The summed E-state index contributed by atoms with van der Waals surface area (Å²) in [5.74, 6) is 0.483. The van der Waals surface area contributed by atoms with Gasteiger partial charge in [-0.25, -0.2) is 0 Å². The van der Waals surface area contributed by atoms with Gasteiger partial charge in [0.1, 0.15) is 5.75 Å². The first-order valence-corrected chi connectivity index (χ1v) is 11.4. The molecule has 0 aliphatic carbocycles. The fraction of sp³-hybridized carbons (Fsp3) is 0.385. The van der Waals surface area contributed by atoms with Crippen molar-refractivity contribution in [2.75, 3.05) is 45.2 Å². The minimum Gasteiger partial charge on any atom is -0.491 e. The molecule has 0 bridgehead atoms. The molecule has 4 rings (SSSR count). The molecule has 1 aromatic carbocycles. The van der Waals surface area contributed by atoms with Crippen LogP contribution in [0.2, 0.25) is 0 Å². The predicted molar refractivity (Wildman–Crippen MR) is 130 cm³/mol. The Labute approximate surface area is 195 Å². The van der Waals surface area contributed by atoms with E-state index in [0.29, 0.717) is 17.0 Å². The van der Waals surface area contributed by atoms with Crippen LogP contribution < -0.4 is 10.1 Å². The van der Waals surface area contributed by atoms with E-state index in [1.54, 1.807) is 18.3 Å². The second-order valence-corrected chi connectivity index (χ2v) is 8.74. The molecular weight excluding hydrogens is 416 g/mol. The maximum Gasteiger partial charge on any atom is 0.255 e. The van der Waals surface area contributed by atoms with E-state index in [4.69, 9.17) is 9.47 Å². The van der Waals surface area contributed by atoms with Crippen molar-refractivity contribution < 1.29 is 14.3 Å². The zero-order valence-corrected chi connectivity index (χ0v) is 19.8. The lowest BCUT2D eigenvalue weighted by Gasteiger charge is -2.35. The Balaban J connectivity index is 1.55.